The van der Waals surface area contributed by atoms with Gasteiger partial charge in [0.2, 0.25) is 5.91 Å². The third-order valence-electron chi connectivity index (χ3n) is 2.45. The van der Waals surface area contributed by atoms with E-state index < -0.39 is 24.0 Å². The molecule has 0 aromatic heterocycles. The minimum atomic E-state index is -0.766. The molecule has 6 nitrogen and oxygen atoms in total. The van der Waals surface area contributed by atoms with Crippen molar-refractivity contribution in [1.29, 1.82) is 0 Å². The third kappa shape index (κ3) is 4.06. The van der Waals surface area contributed by atoms with Crippen molar-refractivity contribution in [2.75, 3.05) is 6.61 Å². The molecule has 1 aromatic carbocycles. The summed E-state index contributed by atoms with van der Waals surface area (Å²) in [5, 5.41) is 14.2. The first-order chi connectivity index (χ1) is 8.54. The van der Waals surface area contributed by atoms with E-state index in [4.69, 9.17) is 5.73 Å². The number of rotatable bonds is 5. The van der Waals surface area contributed by atoms with Gasteiger partial charge >= 0.3 is 6.03 Å². The molecular formula is C12H17N3O3. The van der Waals surface area contributed by atoms with Crippen LogP contribution in [0.4, 0.5) is 4.79 Å². The molecule has 3 amide bonds. The molecule has 1 aromatic rings. The molecule has 0 aliphatic rings. The van der Waals surface area contributed by atoms with Crippen molar-refractivity contribution >= 4 is 11.9 Å². The number of benzene rings is 1. The van der Waals surface area contributed by atoms with Gasteiger partial charge in [-0.2, -0.15) is 0 Å². The van der Waals surface area contributed by atoms with Crippen LogP contribution < -0.4 is 16.4 Å². The van der Waals surface area contributed by atoms with Gasteiger partial charge in [-0.25, -0.2) is 4.79 Å². The van der Waals surface area contributed by atoms with Crippen molar-refractivity contribution in [1.82, 2.24) is 10.6 Å². The van der Waals surface area contributed by atoms with Gasteiger partial charge in [-0.1, -0.05) is 30.3 Å². The van der Waals surface area contributed by atoms with Crippen molar-refractivity contribution in [3.63, 3.8) is 0 Å². The van der Waals surface area contributed by atoms with Crippen molar-refractivity contribution < 1.29 is 14.7 Å². The molecule has 0 spiro atoms. The SMILES string of the molecule is CC(NC(N)=O)C(=O)N[C@@H](CO)c1ccccc1. The quantitative estimate of drug-likeness (QED) is 0.587. The van der Waals surface area contributed by atoms with Crippen LogP contribution >= 0.6 is 0 Å². The van der Waals surface area contributed by atoms with E-state index in [0.717, 1.165) is 5.56 Å². The number of nitrogens with two attached hydrogens (primary N) is 1. The predicted octanol–water partition coefficient (Wildman–Crippen LogP) is -0.107. The summed E-state index contributed by atoms with van der Waals surface area (Å²) in [5.41, 5.74) is 5.72. The van der Waals surface area contributed by atoms with Crippen molar-refractivity contribution in [2.45, 2.75) is 19.0 Å². The number of hydrogen-bond acceptors (Lipinski definition) is 3. The second-order valence-electron chi connectivity index (χ2n) is 3.88. The molecule has 0 saturated heterocycles. The molecule has 6 heteroatoms. The zero-order valence-corrected chi connectivity index (χ0v) is 10.1. The zero-order chi connectivity index (χ0) is 13.5. The lowest BCUT2D eigenvalue weighted by Gasteiger charge is -2.19. The molecule has 98 valence electrons. The summed E-state index contributed by atoms with van der Waals surface area (Å²) in [6.45, 7) is 1.29. The van der Waals surface area contributed by atoms with Crippen LogP contribution in [0.15, 0.2) is 30.3 Å². The average Bonchev–Trinajstić information content (AvgIpc) is 2.35. The summed E-state index contributed by atoms with van der Waals surface area (Å²) in [5.74, 6) is -0.406. The Kier molecular flexibility index (Phi) is 5.13. The molecule has 0 bridgehead atoms. The number of carbonyl (C=O) groups is 2. The average molecular weight is 251 g/mol. The largest absolute Gasteiger partial charge is 0.394 e. The molecule has 1 rings (SSSR count). The number of aliphatic hydroxyl groups is 1. The number of carbonyl (C=O) groups excluding carboxylic acids is 2. The third-order valence-corrected chi connectivity index (χ3v) is 2.45. The fourth-order valence-electron chi connectivity index (χ4n) is 1.50. The standard InChI is InChI=1S/C12H17N3O3/c1-8(14-12(13)18)11(17)15-10(7-16)9-5-3-2-4-6-9/h2-6,8,10,16H,7H2,1H3,(H,15,17)(H3,13,14,18)/t8?,10-/m0/s1. The number of hydrogen-bond donors (Lipinski definition) is 4. The van der Waals surface area contributed by atoms with Crippen LogP contribution in [0, 0.1) is 0 Å². The molecule has 0 aliphatic heterocycles. The fraction of sp³-hybridized carbons (Fsp3) is 0.333. The smallest absolute Gasteiger partial charge is 0.312 e. The first kappa shape index (κ1) is 14.0. The van der Waals surface area contributed by atoms with Gasteiger partial charge in [0.1, 0.15) is 6.04 Å². The first-order valence-corrected chi connectivity index (χ1v) is 5.56. The Morgan fingerprint density at radius 2 is 1.89 bits per heavy atom. The van der Waals surface area contributed by atoms with Crippen LogP contribution in [0.1, 0.15) is 18.5 Å². The van der Waals surface area contributed by atoms with E-state index >= 15 is 0 Å². The minimum Gasteiger partial charge on any atom is -0.394 e. The predicted molar refractivity (Wildman–Crippen MR) is 66.6 cm³/mol. The highest BCUT2D eigenvalue weighted by Gasteiger charge is 2.18. The van der Waals surface area contributed by atoms with Gasteiger partial charge < -0.3 is 21.5 Å². The zero-order valence-electron chi connectivity index (χ0n) is 10.1. The highest BCUT2D eigenvalue weighted by atomic mass is 16.3. The van der Waals surface area contributed by atoms with E-state index in [-0.39, 0.29) is 6.61 Å². The maximum absolute atomic E-state index is 11.7. The molecular weight excluding hydrogens is 234 g/mol. The second-order valence-corrected chi connectivity index (χ2v) is 3.88. The molecule has 18 heavy (non-hydrogen) atoms. The van der Waals surface area contributed by atoms with Gasteiger partial charge in [-0.05, 0) is 12.5 Å². The minimum absolute atomic E-state index is 0.223. The normalized spacial score (nSPS) is 13.4. The molecule has 0 fully saturated rings. The number of nitrogens with one attached hydrogen (secondary N) is 2. The summed E-state index contributed by atoms with van der Waals surface area (Å²) in [6, 6.07) is 7.05. The number of urea groups is 1. The second kappa shape index (κ2) is 6.61. The Morgan fingerprint density at radius 1 is 1.28 bits per heavy atom. The van der Waals surface area contributed by atoms with E-state index in [0.29, 0.717) is 0 Å². The van der Waals surface area contributed by atoms with Crippen LogP contribution in [-0.4, -0.2) is 29.7 Å². The number of amides is 3. The lowest BCUT2D eigenvalue weighted by Crippen LogP contribution is -2.48. The summed E-state index contributed by atoms with van der Waals surface area (Å²) < 4.78 is 0. The number of aliphatic hydroxyl groups excluding tert-OH is 1. The Morgan fingerprint density at radius 3 is 2.39 bits per heavy atom. The molecule has 0 heterocycles. The summed E-state index contributed by atoms with van der Waals surface area (Å²) >= 11 is 0. The fourth-order valence-corrected chi connectivity index (χ4v) is 1.50. The van der Waals surface area contributed by atoms with Gasteiger partial charge in [0.25, 0.3) is 0 Å². The van der Waals surface area contributed by atoms with E-state index in [1.165, 1.54) is 6.92 Å². The van der Waals surface area contributed by atoms with Gasteiger partial charge in [0.05, 0.1) is 12.6 Å². The van der Waals surface area contributed by atoms with Crippen LogP contribution in [0.25, 0.3) is 0 Å². The summed E-state index contributed by atoms with van der Waals surface area (Å²) in [6.07, 6.45) is 0. The maximum Gasteiger partial charge on any atom is 0.312 e. The first-order valence-electron chi connectivity index (χ1n) is 5.56. The Balaban J connectivity index is 2.64. The van der Waals surface area contributed by atoms with Gasteiger partial charge in [-0.3, -0.25) is 4.79 Å². The van der Waals surface area contributed by atoms with Crippen LogP contribution in [0.2, 0.25) is 0 Å². The molecule has 1 unspecified atom stereocenters. The van der Waals surface area contributed by atoms with E-state index in [9.17, 15) is 14.7 Å². The Bertz CT molecular complexity index is 408. The highest BCUT2D eigenvalue weighted by Crippen LogP contribution is 2.11. The van der Waals surface area contributed by atoms with Gasteiger partial charge in [-0.15, -0.1) is 0 Å². The van der Waals surface area contributed by atoms with Gasteiger partial charge in [0.15, 0.2) is 0 Å². The lowest BCUT2D eigenvalue weighted by molar-refractivity contribution is -0.123. The van der Waals surface area contributed by atoms with Gasteiger partial charge in [0, 0.05) is 0 Å². The number of primary amides is 1. The van der Waals surface area contributed by atoms with E-state index in [1.54, 1.807) is 12.1 Å². The van der Waals surface area contributed by atoms with Crippen LogP contribution in [0.5, 0.6) is 0 Å². The molecule has 0 radical (unpaired) electrons. The summed E-state index contributed by atoms with van der Waals surface area (Å²) in [7, 11) is 0. The highest BCUT2D eigenvalue weighted by molar-refractivity contribution is 5.86. The Hall–Kier alpha value is -2.08. The molecule has 2 atom stereocenters. The van der Waals surface area contributed by atoms with Crippen LogP contribution in [0.3, 0.4) is 0 Å². The molecule has 0 saturated carbocycles. The summed E-state index contributed by atoms with van der Waals surface area (Å²) in [4.78, 5) is 22.3. The molecule has 0 aliphatic carbocycles. The van der Waals surface area contributed by atoms with Crippen LogP contribution in [-0.2, 0) is 4.79 Å². The van der Waals surface area contributed by atoms with Crippen molar-refractivity contribution in [2.24, 2.45) is 5.73 Å². The monoisotopic (exact) mass is 251 g/mol. The Labute approximate surface area is 105 Å². The van der Waals surface area contributed by atoms with E-state index in [1.807, 2.05) is 18.2 Å². The topological polar surface area (TPSA) is 104 Å². The van der Waals surface area contributed by atoms with Crippen molar-refractivity contribution in [3.05, 3.63) is 35.9 Å². The molecule has 5 N–H and O–H groups in total. The van der Waals surface area contributed by atoms with E-state index in [2.05, 4.69) is 10.6 Å². The lowest BCUT2D eigenvalue weighted by atomic mass is 10.1. The van der Waals surface area contributed by atoms with Crippen molar-refractivity contribution in [3.8, 4) is 0 Å². The maximum atomic E-state index is 11.7.